The molecule has 1 aromatic rings. The Balaban J connectivity index is 2.06. The molecule has 1 aliphatic rings. The van der Waals surface area contributed by atoms with Gasteiger partial charge in [-0.15, -0.1) is 11.8 Å². The first-order valence-corrected chi connectivity index (χ1v) is 7.59. The van der Waals surface area contributed by atoms with Crippen molar-refractivity contribution in [1.29, 1.82) is 0 Å². The molecule has 0 aromatic heterocycles. The van der Waals surface area contributed by atoms with Crippen molar-refractivity contribution in [2.24, 2.45) is 5.73 Å². The molecule has 2 rings (SSSR count). The largest absolute Gasteiger partial charge is 0.497 e. The number of benzene rings is 1. The predicted molar refractivity (Wildman–Crippen MR) is 82.0 cm³/mol. The van der Waals surface area contributed by atoms with E-state index in [-0.39, 0.29) is 24.0 Å². The van der Waals surface area contributed by atoms with Crippen molar-refractivity contribution in [2.75, 3.05) is 17.8 Å². The number of methoxy groups -OCH3 is 1. The van der Waals surface area contributed by atoms with E-state index in [0.717, 1.165) is 16.7 Å². The number of rotatable bonds is 6. The highest BCUT2D eigenvalue weighted by Crippen LogP contribution is 2.30. The number of ether oxygens (including phenoxy) is 1. The van der Waals surface area contributed by atoms with E-state index in [0.29, 0.717) is 11.4 Å². The van der Waals surface area contributed by atoms with E-state index in [1.54, 1.807) is 24.3 Å². The van der Waals surface area contributed by atoms with Gasteiger partial charge in [-0.05, 0) is 24.3 Å². The maximum atomic E-state index is 12.3. The van der Waals surface area contributed by atoms with Gasteiger partial charge < -0.3 is 15.6 Å². The molecule has 8 heteroatoms. The molecule has 1 aliphatic heterocycles. The second-order valence-corrected chi connectivity index (χ2v) is 5.97. The summed E-state index contributed by atoms with van der Waals surface area (Å²) in [5.74, 6) is -1.08. The number of nitrogens with two attached hydrogens (primary N) is 1. The maximum Gasteiger partial charge on any atom is 0.321 e. The van der Waals surface area contributed by atoms with Crippen molar-refractivity contribution in [3.05, 3.63) is 24.3 Å². The molecule has 0 radical (unpaired) electrons. The summed E-state index contributed by atoms with van der Waals surface area (Å²) >= 11 is 1.10. The van der Waals surface area contributed by atoms with Crippen LogP contribution >= 0.6 is 11.8 Å². The molecular formula is C14H16N2O5S. The minimum atomic E-state index is -1.13. The first kappa shape index (κ1) is 16.3. The van der Waals surface area contributed by atoms with Crippen molar-refractivity contribution in [3.63, 3.8) is 0 Å². The summed E-state index contributed by atoms with van der Waals surface area (Å²) in [6, 6.07) is 5.53. The average molecular weight is 324 g/mol. The molecule has 1 saturated heterocycles. The molecule has 3 N–H and O–H groups in total. The van der Waals surface area contributed by atoms with Crippen molar-refractivity contribution in [1.82, 2.24) is 0 Å². The third-order valence-electron chi connectivity index (χ3n) is 3.23. The second-order valence-electron chi connectivity index (χ2n) is 4.74. The number of carboxylic acid groups (broad SMARTS) is 1. The van der Waals surface area contributed by atoms with Gasteiger partial charge in [-0.2, -0.15) is 0 Å². The van der Waals surface area contributed by atoms with E-state index in [1.807, 2.05) is 0 Å². The molecule has 22 heavy (non-hydrogen) atoms. The summed E-state index contributed by atoms with van der Waals surface area (Å²) in [4.78, 5) is 36.2. The summed E-state index contributed by atoms with van der Waals surface area (Å²) in [5.41, 5.74) is 5.88. The van der Waals surface area contributed by atoms with E-state index in [9.17, 15) is 14.4 Å². The highest BCUT2D eigenvalue weighted by molar-refractivity contribution is 8.00. The summed E-state index contributed by atoms with van der Waals surface area (Å²) in [7, 11) is 1.53. The number of carbonyl (C=O) groups is 3. The van der Waals surface area contributed by atoms with Gasteiger partial charge in [-0.3, -0.25) is 14.4 Å². The van der Waals surface area contributed by atoms with Crippen LogP contribution in [-0.4, -0.2) is 47.0 Å². The lowest BCUT2D eigenvalue weighted by Gasteiger charge is -2.15. The Morgan fingerprint density at radius 1 is 1.45 bits per heavy atom. The van der Waals surface area contributed by atoms with Gasteiger partial charge in [0.2, 0.25) is 11.8 Å². The summed E-state index contributed by atoms with van der Waals surface area (Å²) < 4.78 is 5.03. The number of amides is 2. The Kier molecular flexibility index (Phi) is 5.04. The molecule has 1 heterocycles. The van der Waals surface area contributed by atoms with Gasteiger partial charge in [-0.25, -0.2) is 4.90 Å². The minimum absolute atomic E-state index is 0.0435. The van der Waals surface area contributed by atoms with Crippen molar-refractivity contribution >= 4 is 35.2 Å². The first-order chi connectivity index (χ1) is 10.4. The lowest BCUT2D eigenvalue weighted by atomic mass is 10.3. The molecule has 7 nitrogen and oxygen atoms in total. The number of thioether (sulfide) groups is 1. The highest BCUT2D eigenvalue weighted by atomic mass is 32.2. The Labute approximate surface area is 131 Å². The van der Waals surface area contributed by atoms with Crippen LogP contribution in [0.1, 0.15) is 6.42 Å². The van der Waals surface area contributed by atoms with Crippen LogP contribution in [0.25, 0.3) is 0 Å². The predicted octanol–water partition coefficient (Wildman–Crippen LogP) is 0.472. The zero-order valence-electron chi connectivity index (χ0n) is 11.9. The normalized spacial score (nSPS) is 19.4. The van der Waals surface area contributed by atoms with Crippen LogP contribution in [0.2, 0.25) is 0 Å². The van der Waals surface area contributed by atoms with Gasteiger partial charge in [0.1, 0.15) is 11.8 Å². The standard InChI is InChI=1S/C14H16N2O5S/c1-21-9-4-2-8(3-5-9)16-12(17)6-11(13(16)18)22-7-10(15)14(19)20/h2-5,10-11H,6-7,15H2,1H3,(H,19,20)/t10-,11+/m0/s1. The summed E-state index contributed by atoms with van der Waals surface area (Å²) in [6.45, 7) is 0. The average Bonchev–Trinajstić information content (AvgIpc) is 2.79. The van der Waals surface area contributed by atoms with Crippen molar-refractivity contribution < 1.29 is 24.2 Å². The molecule has 0 saturated carbocycles. The molecular weight excluding hydrogens is 308 g/mol. The first-order valence-electron chi connectivity index (χ1n) is 6.55. The van der Waals surface area contributed by atoms with E-state index >= 15 is 0 Å². The number of hydrogen-bond acceptors (Lipinski definition) is 6. The smallest absolute Gasteiger partial charge is 0.321 e. The minimum Gasteiger partial charge on any atom is -0.497 e. The fourth-order valence-corrected chi connectivity index (χ4v) is 3.12. The van der Waals surface area contributed by atoms with Crippen LogP contribution < -0.4 is 15.4 Å². The van der Waals surface area contributed by atoms with Gasteiger partial charge in [0, 0.05) is 12.2 Å². The Bertz CT molecular complexity index is 589. The zero-order chi connectivity index (χ0) is 16.3. The van der Waals surface area contributed by atoms with Crippen molar-refractivity contribution in [2.45, 2.75) is 17.7 Å². The molecule has 0 aliphatic carbocycles. The molecule has 0 spiro atoms. The highest BCUT2D eigenvalue weighted by Gasteiger charge is 2.40. The van der Waals surface area contributed by atoms with Gasteiger partial charge in [0.05, 0.1) is 18.0 Å². The SMILES string of the molecule is COc1ccc(N2C(=O)C[C@@H](SC[C@H](N)C(=O)O)C2=O)cc1. The fraction of sp³-hybridized carbons (Fsp3) is 0.357. The second kappa shape index (κ2) is 6.80. The van der Waals surface area contributed by atoms with Gasteiger partial charge in [0.15, 0.2) is 0 Å². The van der Waals surface area contributed by atoms with E-state index in [2.05, 4.69) is 0 Å². The molecule has 1 fully saturated rings. The summed E-state index contributed by atoms with van der Waals surface area (Å²) in [6.07, 6.45) is 0.0435. The lowest BCUT2D eigenvalue weighted by Crippen LogP contribution is -2.35. The molecule has 2 atom stereocenters. The lowest BCUT2D eigenvalue weighted by molar-refractivity contribution is -0.138. The van der Waals surface area contributed by atoms with Crippen LogP contribution in [0.15, 0.2) is 24.3 Å². The molecule has 0 bridgehead atoms. The van der Waals surface area contributed by atoms with Crippen molar-refractivity contribution in [3.8, 4) is 5.75 Å². The fourth-order valence-electron chi connectivity index (χ4n) is 2.03. The number of carboxylic acids is 1. The molecule has 0 unspecified atom stereocenters. The number of carbonyl (C=O) groups excluding carboxylic acids is 2. The quantitative estimate of drug-likeness (QED) is 0.732. The number of anilines is 1. The van der Waals surface area contributed by atoms with Gasteiger partial charge in [0.25, 0.3) is 0 Å². The maximum absolute atomic E-state index is 12.3. The Morgan fingerprint density at radius 2 is 2.09 bits per heavy atom. The van der Waals surface area contributed by atoms with Crippen LogP contribution in [0, 0.1) is 0 Å². The third-order valence-corrected chi connectivity index (χ3v) is 4.55. The Morgan fingerprint density at radius 3 is 2.64 bits per heavy atom. The van der Waals surface area contributed by atoms with Crippen LogP contribution in [-0.2, 0) is 14.4 Å². The number of nitrogens with zero attached hydrogens (tertiary/aromatic N) is 1. The molecule has 2 amide bonds. The number of aliphatic carboxylic acids is 1. The van der Waals surface area contributed by atoms with E-state index in [4.69, 9.17) is 15.6 Å². The third kappa shape index (κ3) is 3.40. The van der Waals surface area contributed by atoms with E-state index in [1.165, 1.54) is 7.11 Å². The summed E-state index contributed by atoms with van der Waals surface area (Å²) in [5, 5.41) is 8.14. The monoisotopic (exact) mass is 324 g/mol. The number of imide groups is 1. The van der Waals surface area contributed by atoms with Gasteiger partial charge in [-0.1, -0.05) is 0 Å². The van der Waals surface area contributed by atoms with Crippen LogP contribution in [0.3, 0.4) is 0 Å². The topological polar surface area (TPSA) is 110 Å². The zero-order valence-corrected chi connectivity index (χ0v) is 12.7. The molecule has 118 valence electrons. The Hall–Kier alpha value is -2.06. The van der Waals surface area contributed by atoms with Crippen LogP contribution in [0.5, 0.6) is 5.75 Å². The molecule has 1 aromatic carbocycles. The van der Waals surface area contributed by atoms with Gasteiger partial charge >= 0.3 is 5.97 Å². The van der Waals surface area contributed by atoms with Crippen LogP contribution in [0.4, 0.5) is 5.69 Å². The van der Waals surface area contributed by atoms with E-state index < -0.39 is 17.3 Å². The number of hydrogen-bond donors (Lipinski definition) is 2.